The Morgan fingerprint density at radius 2 is 2.12 bits per heavy atom. The Bertz CT molecular complexity index is 790. The lowest BCUT2D eigenvalue weighted by Crippen LogP contribution is -2.52. The number of aromatic hydroxyl groups is 1. The number of carbonyl (C=O) groups is 3. The molecule has 0 spiro atoms. The zero-order chi connectivity index (χ0) is 18.7. The number of methoxy groups -OCH3 is 1. The standard InChI is InChI=1S/C15H13NO7S2/c1-23-10-4-7(2-3-9(10)17)5-11-13(20)16(15(24)25-11)8(14(21)22)6-12(18)19/h2-5,8,17H,6H2,1H3,(H,18,19)(H,21,22)/p-2. The maximum absolute atomic E-state index is 12.4. The maximum atomic E-state index is 12.4. The fraction of sp³-hybridized carbons (Fsp3) is 0.200. The second-order valence-corrected chi connectivity index (χ2v) is 6.57. The molecule has 8 nitrogen and oxygen atoms in total. The summed E-state index contributed by atoms with van der Waals surface area (Å²) >= 11 is 5.81. The second kappa shape index (κ2) is 7.53. The Balaban J connectivity index is 2.34. The number of ether oxygens (including phenoxy) is 1. The van der Waals surface area contributed by atoms with E-state index < -0.39 is 30.3 Å². The van der Waals surface area contributed by atoms with Gasteiger partial charge in [-0.1, -0.05) is 30.0 Å². The van der Waals surface area contributed by atoms with E-state index in [-0.39, 0.29) is 20.7 Å². The number of hydrogen-bond donors (Lipinski definition) is 1. The summed E-state index contributed by atoms with van der Waals surface area (Å²) < 4.78 is 4.87. The number of carboxylic acid groups (broad SMARTS) is 2. The SMILES string of the molecule is COc1cc(C=C2SC(=S)N(C(CC(=O)[O-])C(=O)[O-])C2=O)ccc1O. The minimum absolute atomic E-state index is 0.0850. The average molecular weight is 381 g/mol. The number of phenols is 1. The third-order valence-electron chi connectivity index (χ3n) is 3.27. The van der Waals surface area contributed by atoms with Crippen molar-refractivity contribution in [2.24, 2.45) is 0 Å². The van der Waals surface area contributed by atoms with Crippen LogP contribution in [0, 0.1) is 0 Å². The van der Waals surface area contributed by atoms with Gasteiger partial charge in [-0.25, -0.2) is 0 Å². The highest BCUT2D eigenvalue weighted by Crippen LogP contribution is 2.35. The molecule has 25 heavy (non-hydrogen) atoms. The average Bonchev–Trinajstić information content (AvgIpc) is 2.80. The number of nitrogens with zero attached hydrogens (tertiary/aromatic N) is 1. The summed E-state index contributed by atoms with van der Waals surface area (Å²) in [6.45, 7) is 0. The molecule has 10 heteroatoms. The van der Waals surface area contributed by atoms with Gasteiger partial charge in [0.1, 0.15) is 4.32 Å². The second-order valence-electron chi connectivity index (χ2n) is 4.89. The first kappa shape index (κ1) is 18.7. The fourth-order valence-corrected chi connectivity index (χ4v) is 3.48. The van der Waals surface area contributed by atoms with Crippen molar-refractivity contribution in [2.45, 2.75) is 12.5 Å². The van der Waals surface area contributed by atoms with Crippen molar-refractivity contribution in [2.75, 3.05) is 7.11 Å². The van der Waals surface area contributed by atoms with Crippen molar-refractivity contribution in [3.8, 4) is 11.5 Å². The lowest BCUT2D eigenvalue weighted by molar-refractivity contribution is -0.319. The molecule has 132 valence electrons. The van der Waals surface area contributed by atoms with Crippen LogP contribution in [-0.2, 0) is 14.4 Å². The van der Waals surface area contributed by atoms with Gasteiger partial charge >= 0.3 is 0 Å². The van der Waals surface area contributed by atoms with E-state index >= 15 is 0 Å². The van der Waals surface area contributed by atoms with Gasteiger partial charge in [-0.15, -0.1) is 0 Å². The molecule has 0 aromatic heterocycles. The van der Waals surface area contributed by atoms with Crippen molar-refractivity contribution in [3.63, 3.8) is 0 Å². The van der Waals surface area contributed by atoms with E-state index in [0.29, 0.717) is 10.5 Å². The highest BCUT2D eigenvalue weighted by Gasteiger charge is 2.37. The highest BCUT2D eigenvalue weighted by atomic mass is 32.2. The maximum Gasteiger partial charge on any atom is 0.266 e. The van der Waals surface area contributed by atoms with Crippen LogP contribution >= 0.6 is 24.0 Å². The highest BCUT2D eigenvalue weighted by molar-refractivity contribution is 8.26. The molecule has 1 saturated heterocycles. The minimum atomic E-state index is -1.75. The Hall–Kier alpha value is -2.59. The smallest absolute Gasteiger partial charge is 0.266 e. The Morgan fingerprint density at radius 3 is 2.68 bits per heavy atom. The number of benzene rings is 1. The first-order valence-corrected chi connectivity index (χ1v) is 8.01. The predicted octanol–water partition coefficient (Wildman–Crippen LogP) is -1.14. The monoisotopic (exact) mass is 381 g/mol. The van der Waals surface area contributed by atoms with Crippen LogP contribution in [0.25, 0.3) is 6.08 Å². The first-order valence-electron chi connectivity index (χ1n) is 6.79. The number of rotatable bonds is 6. The molecule has 1 N–H and O–H groups in total. The summed E-state index contributed by atoms with van der Waals surface area (Å²) in [6.07, 6.45) is 0.488. The zero-order valence-corrected chi connectivity index (χ0v) is 14.4. The van der Waals surface area contributed by atoms with E-state index in [0.717, 1.165) is 11.8 Å². The van der Waals surface area contributed by atoms with Crippen LogP contribution in [0.4, 0.5) is 0 Å². The van der Waals surface area contributed by atoms with Crippen molar-refractivity contribution < 1.29 is 34.4 Å². The van der Waals surface area contributed by atoms with Gasteiger partial charge in [-0.05, 0) is 23.8 Å². The molecule has 0 saturated carbocycles. The molecule has 1 fully saturated rings. The van der Waals surface area contributed by atoms with Crippen LogP contribution in [0.1, 0.15) is 12.0 Å². The molecule has 0 radical (unpaired) electrons. The van der Waals surface area contributed by atoms with Gasteiger partial charge in [0.15, 0.2) is 11.5 Å². The van der Waals surface area contributed by atoms with Crippen LogP contribution in [0.15, 0.2) is 23.1 Å². The Morgan fingerprint density at radius 1 is 1.44 bits per heavy atom. The molecule has 1 aromatic rings. The van der Waals surface area contributed by atoms with E-state index in [2.05, 4.69) is 0 Å². The molecule has 1 aliphatic heterocycles. The minimum Gasteiger partial charge on any atom is -0.550 e. The number of amides is 1. The number of carbonyl (C=O) groups excluding carboxylic acids is 3. The zero-order valence-electron chi connectivity index (χ0n) is 12.8. The number of thiocarbonyl (C=S) groups is 1. The molecular formula is C15H11NO7S2-2. The topological polar surface area (TPSA) is 130 Å². The Labute approximate surface area is 151 Å². The van der Waals surface area contributed by atoms with Crippen molar-refractivity contribution in [1.29, 1.82) is 0 Å². The summed E-state index contributed by atoms with van der Waals surface area (Å²) in [5, 5.41) is 31.5. The van der Waals surface area contributed by atoms with Gasteiger partial charge < -0.3 is 29.6 Å². The van der Waals surface area contributed by atoms with Crippen LogP contribution < -0.4 is 14.9 Å². The van der Waals surface area contributed by atoms with Gasteiger partial charge in [0.2, 0.25) is 0 Å². The summed E-state index contributed by atoms with van der Waals surface area (Å²) in [7, 11) is 1.36. The van der Waals surface area contributed by atoms with E-state index in [9.17, 15) is 29.7 Å². The molecule has 1 amide bonds. The van der Waals surface area contributed by atoms with Crippen LogP contribution in [0.2, 0.25) is 0 Å². The van der Waals surface area contributed by atoms with E-state index in [1.165, 1.54) is 31.4 Å². The fourth-order valence-electron chi connectivity index (χ4n) is 2.12. The van der Waals surface area contributed by atoms with Gasteiger partial charge in [-0.2, -0.15) is 0 Å². The summed E-state index contributed by atoms with van der Waals surface area (Å²) in [4.78, 5) is 35.1. The van der Waals surface area contributed by atoms with Crippen LogP contribution in [0.3, 0.4) is 0 Å². The number of hydrogen-bond acceptors (Lipinski definition) is 9. The van der Waals surface area contributed by atoms with Gasteiger partial charge in [0.25, 0.3) is 5.91 Å². The third kappa shape index (κ3) is 4.09. The van der Waals surface area contributed by atoms with E-state index in [1.807, 2.05) is 0 Å². The van der Waals surface area contributed by atoms with Crippen molar-refractivity contribution in [3.05, 3.63) is 28.7 Å². The number of phenolic OH excluding ortho intramolecular Hbond substituents is 1. The summed E-state index contributed by atoms with van der Waals surface area (Å²) in [5.74, 6) is -4.03. The largest absolute Gasteiger partial charge is 0.550 e. The van der Waals surface area contributed by atoms with Crippen molar-refractivity contribution in [1.82, 2.24) is 4.90 Å². The lowest BCUT2D eigenvalue weighted by atomic mass is 10.1. The number of carboxylic acids is 2. The summed E-state index contributed by atoms with van der Waals surface area (Å²) in [5.41, 5.74) is 0.500. The van der Waals surface area contributed by atoms with E-state index in [1.54, 1.807) is 0 Å². The van der Waals surface area contributed by atoms with E-state index in [4.69, 9.17) is 17.0 Å². The quantitative estimate of drug-likeness (QED) is 0.480. The molecule has 2 rings (SSSR count). The molecule has 0 aliphatic carbocycles. The first-order chi connectivity index (χ1) is 11.7. The predicted molar refractivity (Wildman–Crippen MR) is 88.1 cm³/mol. The third-order valence-corrected chi connectivity index (χ3v) is 4.60. The van der Waals surface area contributed by atoms with Crippen LogP contribution in [0.5, 0.6) is 11.5 Å². The Kier molecular flexibility index (Phi) is 5.65. The normalized spacial score (nSPS) is 17.0. The summed E-state index contributed by atoms with van der Waals surface area (Å²) in [6, 6.07) is 2.60. The molecule has 1 heterocycles. The molecule has 1 aromatic carbocycles. The number of thioether (sulfide) groups is 1. The van der Waals surface area contributed by atoms with Gasteiger partial charge in [0, 0.05) is 12.4 Å². The molecule has 0 bridgehead atoms. The lowest BCUT2D eigenvalue weighted by Gasteiger charge is -2.27. The molecular weight excluding hydrogens is 370 g/mol. The van der Waals surface area contributed by atoms with Gasteiger partial charge in [-0.3, -0.25) is 9.69 Å². The van der Waals surface area contributed by atoms with Crippen molar-refractivity contribution >= 4 is 52.2 Å². The van der Waals surface area contributed by atoms with Gasteiger partial charge in [0.05, 0.1) is 24.0 Å². The number of aliphatic carboxylic acids is 2. The molecule has 1 aliphatic rings. The van der Waals surface area contributed by atoms with Crippen LogP contribution in [-0.4, -0.2) is 45.3 Å². The molecule has 1 atom stereocenters. The molecule has 1 unspecified atom stereocenters.